The Morgan fingerprint density at radius 2 is 1.83 bits per heavy atom. The number of aryl methyl sites for hydroxylation is 2. The number of aromatic nitrogens is 2. The van der Waals surface area contributed by atoms with E-state index in [0.717, 1.165) is 16.3 Å². The Morgan fingerprint density at radius 1 is 1.25 bits per heavy atom. The number of hydrogen-bond donors (Lipinski definition) is 2. The van der Waals surface area contributed by atoms with Gasteiger partial charge in [-0.15, -0.1) is 12.4 Å². The van der Waals surface area contributed by atoms with Crippen LogP contribution in [0.25, 0.3) is 0 Å². The van der Waals surface area contributed by atoms with Crippen LogP contribution >= 0.6 is 24.2 Å². The molecule has 1 aromatic heterocycles. The van der Waals surface area contributed by atoms with E-state index >= 15 is 0 Å². The topological polar surface area (TPSA) is 90.1 Å². The van der Waals surface area contributed by atoms with E-state index in [1.165, 1.54) is 18.9 Å². The Morgan fingerprint density at radius 3 is 2.38 bits per heavy atom. The Labute approximate surface area is 152 Å². The number of ether oxygens (including phenoxy) is 1. The maximum Gasteiger partial charge on any atom is 0.243 e. The second kappa shape index (κ2) is 9.58. The van der Waals surface area contributed by atoms with Crippen LogP contribution in [-0.2, 0) is 9.53 Å². The molecular formula is C16H21ClN4O2S. The van der Waals surface area contributed by atoms with E-state index in [0.29, 0.717) is 10.8 Å². The van der Waals surface area contributed by atoms with Crippen LogP contribution in [0.15, 0.2) is 40.4 Å². The summed E-state index contributed by atoms with van der Waals surface area (Å²) in [4.78, 5) is 21.6. The minimum atomic E-state index is -0.683. The molecule has 6 nitrogen and oxygen atoms in total. The number of hydrogen-bond acceptors (Lipinski definition) is 6. The highest BCUT2D eigenvalue weighted by Gasteiger charge is 2.13. The molecule has 130 valence electrons. The highest BCUT2D eigenvalue weighted by atomic mass is 35.5. The molecule has 0 radical (unpaired) electrons. The van der Waals surface area contributed by atoms with Crippen LogP contribution in [0, 0.1) is 13.8 Å². The zero-order valence-electron chi connectivity index (χ0n) is 13.8. The van der Waals surface area contributed by atoms with E-state index < -0.39 is 6.04 Å². The number of nitrogens with zero attached hydrogens (tertiary/aromatic N) is 2. The van der Waals surface area contributed by atoms with E-state index in [9.17, 15) is 4.79 Å². The number of rotatable bonds is 6. The summed E-state index contributed by atoms with van der Waals surface area (Å²) < 4.78 is 4.86. The maximum atomic E-state index is 11.8. The Kier molecular flexibility index (Phi) is 8.14. The van der Waals surface area contributed by atoms with Crippen LogP contribution in [-0.4, -0.2) is 35.6 Å². The van der Waals surface area contributed by atoms with Crippen molar-refractivity contribution in [2.45, 2.75) is 29.9 Å². The number of methoxy groups -OCH3 is 1. The van der Waals surface area contributed by atoms with Gasteiger partial charge in [0.05, 0.1) is 6.61 Å². The summed E-state index contributed by atoms with van der Waals surface area (Å²) in [6.07, 6.45) is 0. The predicted octanol–water partition coefficient (Wildman–Crippen LogP) is 2.58. The largest absolute Gasteiger partial charge is 0.383 e. The monoisotopic (exact) mass is 368 g/mol. The fraction of sp³-hybridized carbons (Fsp3) is 0.312. The molecule has 0 fully saturated rings. The molecule has 2 aromatic rings. The molecule has 0 aliphatic rings. The van der Waals surface area contributed by atoms with Gasteiger partial charge < -0.3 is 15.8 Å². The Hall–Kier alpha value is -1.67. The smallest absolute Gasteiger partial charge is 0.243 e. The first-order chi connectivity index (χ1) is 11.0. The quantitative estimate of drug-likeness (QED) is 0.761. The van der Waals surface area contributed by atoms with Crippen LogP contribution in [0.4, 0.5) is 5.69 Å². The third-order valence-corrected chi connectivity index (χ3v) is 3.85. The van der Waals surface area contributed by atoms with Gasteiger partial charge in [-0.25, -0.2) is 9.97 Å². The summed E-state index contributed by atoms with van der Waals surface area (Å²) in [7, 11) is 1.51. The molecule has 1 aromatic carbocycles. The lowest BCUT2D eigenvalue weighted by atomic mass is 10.2. The van der Waals surface area contributed by atoms with E-state index in [1.54, 1.807) is 0 Å². The normalized spacial score (nSPS) is 11.5. The van der Waals surface area contributed by atoms with Gasteiger partial charge in [0, 0.05) is 29.1 Å². The average Bonchev–Trinajstić information content (AvgIpc) is 2.48. The van der Waals surface area contributed by atoms with Gasteiger partial charge in [0.2, 0.25) is 5.91 Å². The van der Waals surface area contributed by atoms with Gasteiger partial charge in [-0.1, -0.05) is 0 Å². The molecule has 1 atom stereocenters. The first kappa shape index (κ1) is 20.4. The van der Waals surface area contributed by atoms with Crippen LogP contribution < -0.4 is 11.1 Å². The van der Waals surface area contributed by atoms with Crippen molar-refractivity contribution in [3.05, 3.63) is 41.7 Å². The SMILES string of the molecule is COCC(N)C(=O)Nc1ccc(Sc2nc(C)cc(C)n2)cc1.Cl. The van der Waals surface area contributed by atoms with E-state index in [4.69, 9.17) is 10.5 Å². The Balaban J connectivity index is 0.00000288. The number of nitrogens with one attached hydrogen (secondary N) is 1. The molecule has 0 aliphatic carbocycles. The van der Waals surface area contributed by atoms with E-state index in [-0.39, 0.29) is 24.9 Å². The summed E-state index contributed by atoms with van der Waals surface area (Å²) in [5, 5.41) is 3.46. The lowest BCUT2D eigenvalue weighted by Gasteiger charge is -2.11. The van der Waals surface area contributed by atoms with Gasteiger partial charge in [0.1, 0.15) is 6.04 Å². The molecule has 1 heterocycles. The molecule has 0 bridgehead atoms. The number of nitrogens with two attached hydrogens (primary N) is 1. The molecule has 0 spiro atoms. The van der Waals surface area contributed by atoms with Crippen molar-refractivity contribution < 1.29 is 9.53 Å². The van der Waals surface area contributed by atoms with Gasteiger partial charge >= 0.3 is 0 Å². The fourth-order valence-electron chi connectivity index (χ4n) is 1.94. The predicted molar refractivity (Wildman–Crippen MR) is 97.8 cm³/mol. The third-order valence-electron chi connectivity index (χ3n) is 2.98. The zero-order chi connectivity index (χ0) is 16.8. The molecule has 1 amide bonds. The number of benzene rings is 1. The first-order valence-corrected chi connectivity index (χ1v) is 7.95. The number of amides is 1. The zero-order valence-corrected chi connectivity index (χ0v) is 15.4. The minimum absolute atomic E-state index is 0. The van der Waals surface area contributed by atoms with Crippen molar-refractivity contribution in [2.24, 2.45) is 5.73 Å². The Bertz CT molecular complexity index is 662. The second-order valence-electron chi connectivity index (χ2n) is 5.11. The lowest BCUT2D eigenvalue weighted by molar-refractivity contribution is -0.118. The van der Waals surface area contributed by atoms with E-state index in [2.05, 4.69) is 15.3 Å². The summed E-state index contributed by atoms with van der Waals surface area (Å²) in [6, 6.07) is 8.71. The van der Waals surface area contributed by atoms with Crippen LogP contribution in [0.3, 0.4) is 0 Å². The minimum Gasteiger partial charge on any atom is -0.383 e. The molecule has 0 saturated carbocycles. The molecule has 3 N–H and O–H groups in total. The van der Waals surface area contributed by atoms with Crippen molar-refractivity contribution in [2.75, 3.05) is 19.0 Å². The van der Waals surface area contributed by atoms with Crippen LogP contribution in [0.2, 0.25) is 0 Å². The number of carbonyl (C=O) groups is 1. The van der Waals surface area contributed by atoms with Crippen molar-refractivity contribution in [1.82, 2.24) is 9.97 Å². The third kappa shape index (κ3) is 6.09. The highest BCUT2D eigenvalue weighted by molar-refractivity contribution is 7.99. The van der Waals surface area contributed by atoms with Gasteiger partial charge in [-0.3, -0.25) is 4.79 Å². The maximum absolute atomic E-state index is 11.8. The fourth-order valence-corrected chi connectivity index (χ4v) is 2.80. The molecular weight excluding hydrogens is 348 g/mol. The molecule has 8 heteroatoms. The number of anilines is 1. The molecule has 0 saturated heterocycles. The standard InChI is InChI=1S/C16H20N4O2S.ClH/c1-10-8-11(2)19-16(18-10)23-13-6-4-12(5-7-13)20-15(21)14(17)9-22-3;/h4-8,14H,9,17H2,1-3H3,(H,20,21);1H. The number of halogens is 1. The number of carbonyl (C=O) groups excluding carboxylic acids is 1. The van der Waals surface area contributed by atoms with Gasteiger partial charge in [0.15, 0.2) is 5.16 Å². The molecule has 1 unspecified atom stereocenters. The molecule has 0 aliphatic heterocycles. The van der Waals surface area contributed by atoms with Crippen molar-refractivity contribution in [1.29, 1.82) is 0 Å². The van der Waals surface area contributed by atoms with Crippen molar-refractivity contribution >= 4 is 35.8 Å². The van der Waals surface area contributed by atoms with Crippen LogP contribution in [0.1, 0.15) is 11.4 Å². The van der Waals surface area contributed by atoms with Crippen LogP contribution in [0.5, 0.6) is 0 Å². The summed E-state index contributed by atoms with van der Waals surface area (Å²) in [6.45, 7) is 4.07. The molecule has 24 heavy (non-hydrogen) atoms. The van der Waals surface area contributed by atoms with Gasteiger partial charge in [-0.2, -0.15) is 0 Å². The molecule has 2 rings (SSSR count). The van der Waals surface area contributed by atoms with Crippen molar-refractivity contribution in [3.8, 4) is 0 Å². The lowest BCUT2D eigenvalue weighted by Crippen LogP contribution is -2.39. The van der Waals surface area contributed by atoms with Gasteiger partial charge in [-0.05, 0) is 55.9 Å². The highest BCUT2D eigenvalue weighted by Crippen LogP contribution is 2.26. The summed E-state index contributed by atoms with van der Waals surface area (Å²) >= 11 is 1.48. The summed E-state index contributed by atoms with van der Waals surface area (Å²) in [5.74, 6) is -0.273. The van der Waals surface area contributed by atoms with E-state index in [1.807, 2.05) is 44.2 Å². The average molecular weight is 369 g/mol. The van der Waals surface area contributed by atoms with Gasteiger partial charge in [0.25, 0.3) is 0 Å². The second-order valence-corrected chi connectivity index (χ2v) is 6.15. The van der Waals surface area contributed by atoms with Crippen molar-refractivity contribution in [3.63, 3.8) is 0 Å². The summed E-state index contributed by atoms with van der Waals surface area (Å²) in [5.41, 5.74) is 8.25. The first-order valence-electron chi connectivity index (χ1n) is 7.13.